The Kier molecular flexibility index (Phi) is 6.18. The molecule has 4 rings (SSSR count). The van der Waals surface area contributed by atoms with E-state index in [0.29, 0.717) is 11.3 Å². The van der Waals surface area contributed by atoms with E-state index in [1.807, 2.05) is 0 Å². The molecule has 9 atom stereocenters. The Balaban J connectivity index is 1.44. The normalized spacial score (nSPS) is 50.7. The molecule has 4 fully saturated rings. The monoisotopic (exact) mass is 391 g/mol. The van der Waals surface area contributed by atoms with Crippen LogP contribution in [0.1, 0.15) is 97.8 Å². The molecule has 28 heavy (non-hydrogen) atoms. The van der Waals surface area contributed by atoms with Crippen LogP contribution in [0.5, 0.6) is 0 Å². The third kappa shape index (κ3) is 3.48. The number of unbranched alkanes of at least 4 members (excludes halogenated alkanes) is 3. The Hall–Kier alpha value is -0.120. The van der Waals surface area contributed by atoms with Crippen molar-refractivity contribution in [2.45, 2.75) is 116 Å². The van der Waals surface area contributed by atoms with Gasteiger partial charge in [-0.1, -0.05) is 40.0 Å². The van der Waals surface area contributed by atoms with Crippen LogP contribution in [0.2, 0.25) is 0 Å². The molecule has 0 aromatic rings. The first-order chi connectivity index (χ1) is 13.4. The van der Waals surface area contributed by atoms with Crippen LogP contribution in [-0.2, 0) is 0 Å². The highest BCUT2D eigenvalue weighted by atomic mass is 16.3. The average Bonchev–Trinajstić information content (AvgIpc) is 2.97. The van der Waals surface area contributed by atoms with Crippen LogP contribution >= 0.6 is 0 Å². The fourth-order valence-corrected chi connectivity index (χ4v) is 8.33. The van der Waals surface area contributed by atoms with E-state index < -0.39 is 0 Å². The van der Waals surface area contributed by atoms with Crippen molar-refractivity contribution >= 4 is 0 Å². The van der Waals surface area contributed by atoms with E-state index in [1.54, 1.807) is 0 Å². The molecular weight excluding hydrogens is 346 g/mol. The molecule has 0 spiro atoms. The van der Waals surface area contributed by atoms with E-state index in [-0.39, 0.29) is 23.7 Å². The lowest BCUT2D eigenvalue weighted by atomic mass is 9.44. The summed E-state index contributed by atoms with van der Waals surface area (Å²) in [7, 11) is 0. The van der Waals surface area contributed by atoms with Crippen LogP contribution in [0.4, 0.5) is 0 Å². The molecule has 0 radical (unpaired) electrons. The van der Waals surface area contributed by atoms with Crippen molar-refractivity contribution in [3.63, 3.8) is 0 Å². The lowest BCUT2D eigenvalue weighted by molar-refractivity contribution is -0.140. The molecule has 4 saturated carbocycles. The minimum atomic E-state index is -0.164. The lowest BCUT2D eigenvalue weighted by Gasteiger charge is -2.61. The van der Waals surface area contributed by atoms with E-state index in [9.17, 15) is 10.2 Å². The van der Waals surface area contributed by atoms with E-state index in [2.05, 4.69) is 26.1 Å². The number of hydrogen-bond donors (Lipinski definition) is 3. The molecule has 0 unspecified atom stereocenters. The standard InChI is InChI=1S/C25H45NO2/c1-4-5-6-7-14-26-21-16-25(3)17(15-22(21)27)8-9-18-19-10-11-23(28)24(19,2)13-12-20(18)25/h17-23,26-28H,4-16H2,1-3H3/t17-,18-,19-,20-,21-,22-,23-,24-,25-/m0/s1. The molecule has 0 amide bonds. The smallest absolute Gasteiger partial charge is 0.0696 e. The Morgan fingerprint density at radius 1 is 0.893 bits per heavy atom. The molecule has 4 aliphatic rings. The number of rotatable bonds is 6. The van der Waals surface area contributed by atoms with Crippen molar-refractivity contribution < 1.29 is 10.2 Å². The van der Waals surface area contributed by atoms with Gasteiger partial charge in [-0.2, -0.15) is 0 Å². The fourth-order valence-electron chi connectivity index (χ4n) is 8.33. The predicted molar refractivity (Wildman–Crippen MR) is 115 cm³/mol. The first kappa shape index (κ1) is 21.1. The molecule has 3 heteroatoms. The Labute approximate surface area is 173 Å². The molecule has 0 aliphatic heterocycles. The van der Waals surface area contributed by atoms with Gasteiger partial charge in [0.15, 0.2) is 0 Å². The predicted octanol–water partition coefficient (Wildman–Crippen LogP) is 4.90. The highest BCUT2D eigenvalue weighted by molar-refractivity contribution is 5.11. The summed E-state index contributed by atoms with van der Waals surface area (Å²) in [6.45, 7) is 8.27. The molecule has 162 valence electrons. The zero-order valence-electron chi connectivity index (χ0n) is 18.6. The Morgan fingerprint density at radius 2 is 1.68 bits per heavy atom. The van der Waals surface area contributed by atoms with Gasteiger partial charge >= 0.3 is 0 Å². The summed E-state index contributed by atoms with van der Waals surface area (Å²) in [4.78, 5) is 0. The summed E-state index contributed by atoms with van der Waals surface area (Å²) in [6, 6.07) is 0.282. The fraction of sp³-hybridized carbons (Fsp3) is 1.00. The van der Waals surface area contributed by atoms with Gasteiger partial charge in [0.25, 0.3) is 0 Å². The van der Waals surface area contributed by atoms with Gasteiger partial charge in [0, 0.05) is 6.04 Å². The second kappa shape index (κ2) is 8.19. The number of hydrogen-bond acceptors (Lipinski definition) is 3. The van der Waals surface area contributed by atoms with Gasteiger partial charge in [-0.15, -0.1) is 0 Å². The van der Waals surface area contributed by atoms with Crippen molar-refractivity contribution in [1.29, 1.82) is 0 Å². The van der Waals surface area contributed by atoms with Crippen molar-refractivity contribution in [1.82, 2.24) is 5.32 Å². The van der Waals surface area contributed by atoms with Gasteiger partial charge in [-0.05, 0) is 98.8 Å². The van der Waals surface area contributed by atoms with E-state index in [1.165, 1.54) is 57.8 Å². The van der Waals surface area contributed by atoms with Crippen LogP contribution < -0.4 is 5.32 Å². The third-order valence-corrected chi connectivity index (χ3v) is 10.1. The average molecular weight is 392 g/mol. The lowest BCUT2D eigenvalue weighted by Crippen LogP contribution is -2.59. The van der Waals surface area contributed by atoms with E-state index in [4.69, 9.17) is 0 Å². The second-order valence-electron chi connectivity index (χ2n) is 11.4. The van der Waals surface area contributed by atoms with Crippen LogP contribution in [0.15, 0.2) is 0 Å². The minimum absolute atomic E-state index is 0.0744. The summed E-state index contributed by atoms with van der Waals surface area (Å²) < 4.78 is 0. The quantitative estimate of drug-likeness (QED) is 0.565. The first-order valence-electron chi connectivity index (χ1n) is 12.5. The van der Waals surface area contributed by atoms with E-state index >= 15 is 0 Å². The minimum Gasteiger partial charge on any atom is -0.393 e. The van der Waals surface area contributed by atoms with Crippen LogP contribution in [0.3, 0.4) is 0 Å². The number of aliphatic hydroxyl groups excluding tert-OH is 2. The number of fused-ring (bicyclic) bond motifs is 5. The van der Waals surface area contributed by atoms with Gasteiger partial charge in [0.05, 0.1) is 12.2 Å². The maximum Gasteiger partial charge on any atom is 0.0696 e. The molecule has 4 aliphatic carbocycles. The molecule has 0 saturated heterocycles. The van der Waals surface area contributed by atoms with Crippen molar-refractivity contribution in [2.75, 3.05) is 6.54 Å². The second-order valence-corrected chi connectivity index (χ2v) is 11.4. The molecule has 0 aromatic carbocycles. The summed E-state index contributed by atoms with van der Waals surface area (Å²) in [5.41, 5.74) is 0.549. The van der Waals surface area contributed by atoms with Crippen molar-refractivity contribution in [3.8, 4) is 0 Å². The zero-order chi connectivity index (χ0) is 19.9. The van der Waals surface area contributed by atoms with Gasteiger partial charge in [-0.3, -0.25) is 0 Å². The summed E-state index contributed by atoms with van der Waals surface area (Å²) in [6.07, 6.45) is 14.4. The van der Waals surface area contributed by atoms with Crippen LogP contribution in [0.25, 0.3) is 0 Å². The highest BCUT2D eigenvalue weighted by Crippen LogP contribution is 2.66. The van der Waals surface area contributed by atoms with Gasteiger partial charge in [0.2, 0.25) is 0 Å². The topological polar surface area (TPSA) is 52.5 Å². The van der Waals surface area contributed by atoms with Gasteiger partial charge in [0.1, 0.15) is 0 Å². The SMILES string of the molecule is CCCCCCN[C@H]1C[C@@]2(C)[C@@H](CC[C@@H]3[C@@H]2CC[C@]2(C)[C@@H](O)CC[C@@H]32)C[C@@H]1O. The molecule has 3 nitrogen and oxygen atoms in total. The first-order valence-corrected chi connectivity index (χ1v) is 12.5. The Morgan fingerprint density at radius 3 is 2.46 bits per heavy atom. The van der Waals surface area contributed by atoms with Gasteiger partial charge < -0.3 is 15.5 Å². The van der Waals surface area contributed by atoms with Crippen molar-refractivity contribution in [2.24, 2.45) is 34.5 Å². The number of aliphatic hydroxyl groups is 2. The molecule has 0 aromatic heterocycles. The van der Waals surface area contributed by atoms with Crippen LogP contribution in [-0.4, -0.2) is 35.0 Å². The van der Waals surface area contributed by atoms with Crippen molar-refractivity contribution in [3.05, 3.63) is 0 Å². The summed E-state index contributed by atoms with van der Waals surface area (Å²) >= 11 is 0. The zero-order valence-corrected chi connectivity index (χ0v) is 18.6. The van der Waals surface area contributed by atoms with Gasteiger partial charge in [-0.25, -0.2) is 0 Å². The maximum atomic E-state index is 10.9. The molecular formula is C25H45NO2. The molecule has 3 N–H and O–H groups in total. The highest BCUT2D eigenvalue weighted by Gasteiger charge is 2.60. The van der Waals surface area contributed by atoms with Crippen LogP contribution in [0, 0.1) is 34.5 Å². The summed E-state index contributed by atoms with van der Waals surface area (Å²) in [5.74, 6) is 3.02. The van der Waals surface area contributed by atoms with E-state index in [0.717, 1.165) is 43.6 Å². The molecule has 0 bridgehead atoms. The number of nitrogens with one attached hydrogen (secondary N) is 1. The summed E-state index contributed by atoms with van der Waals surface area (Å²) in [5, 5.41) is 25.3. The largest absolute Gasteiger partial charge is 0.393 e. The Bertz CT molecular complexity index is 539. The third-order valence-electron chi connectivity index (χ3n) is 10.1. The molecule has 0 heterocycles. The maximum absolute atomic E-state index is 10.9.